The Morgan fingerprint density at radius 2 is 1.88 bits per heavy atom. The van der Waals surface area contributed by atoms with Crippen LogP contribution in [0.5, 0.6) is 0 Å². The zero-order valence-electron chi connectivity index (χ0n) is 9.07. The van der Waals surface area contributed by atoms with E-state index >= 15 is 0 Å². The molecule has 2 heterocycles. The fraction of sp³-hybridized carbons (Fsp3) is 0.0714. The van der Waals surface area contributed by atoms with Crippen molar-refractivity contribution in [2.45, 2.75) is 6.92 Å². The Morgan fingerprint density at radius 3 is 2.69 bits per heavy atom. The predicted molar refractivity (Wildman–Crippen MR) is 66.3 cm³/mol. The highest BCUT2D eigenvalue weighted by Gasteiger charge is 2.09. The van der Waals surface area contributed by atoms with Crippen LogP contribution in [0.4, 0.5) is 0 Å². The van der Waals surface area contributed by atoms with Crippen molar-refractivity contribution in [1.29, 1.82) is 0 Å². The summed E-state index contributed by atoms with van der Waals surface area (Å²) < 4.78 is 0. The third-order valence-corrected chi connectivity index (χ3v) is 2.85. The summed E-state index contributed by atoms with van der Waals surface area (Å²) in [7, 11) is 0. The molecule has 78 valence electrons. The Kier molecular flexibility index (Phi) is 2.00. The van der Waals surface area contributed by atoms with Gasteiger partial charge in [-0.2, -0.15) is 0 Å². The molecule has 0 aliphatic heterocycles. The number of nitrogens with one attached hydrogen (secondary N) is 1. The summed E-state index contributed by atoms with van der Waals surface area (Å²) in [6.45, 7) is 2.10. The number of aromatic nitrogens is 2. The van der Waals surface area contributed by atoms with E-state index in [0.717, 1.165) is 5.52 Å². The maximum absolute atomic E-state index is 4.13. The van der Waals surface area contributed by atoms with Crippen LogP contribution in [0.25, 0.3) is 22.0 Å². The molecule has 0 bridgehead atoms. The van der Waals surface area contributed by atoms with Crippen molar-refractivity contribution >= 4 is 10.9 Å². The van der Waals surface area contributed by atoms with Gasteiger partial charge in [0.15, 0.2) is 0 Å². The molecule has 0 atom stereocenters. The molecule has 0 unspecified atom stereocenters. The second-order valence-electron chi connectivity index (χ2n) is 3.91. The Bertz CT molecular complexity index is 624. The van der Waals surface area contributed by atoms with E-state index in [1.54, 1.807) is 0 Å². The van der Waals surface area contributed by atoms with Crippen molar-refractivity contribution in [2.24, 2.45) is 0 Å². The topological polar surface area (TPSA) is 28.7 Å². The highest BCUT2D eigenvalue weighted by molar-refractivity contribution is 5.96. The van der Waals surface area contributed by atoms with Crippen LogP contribution in [0.1, 0.15) is 5.69 Å². The molecule has 1 N–H and O–H groups in total. The maximum Gasteiger partial charge on any atom is 0.0648 e. The summed E-state index contributed by atoms with van der Waals surface area (Å²) in [6.07, 6.45) is 3.71. The van der Waals surface area contributed by atoms with Crippen molar-refractivity contribution in [3.63, 3.8) is 0 Å². The molecule has 0 saturated carbocycles. The largest absolute Gasteiger partial charge is 0.357 e. The molecular weight excluding hydrogens is 196 g/mol. The molecule has 3 aromatic rings. The Labute approximate surface area is 94.0 Å². The Morgan fingerprint density at radius 1 is 1.06 bits per heavy atom. The molecule has 1 aromatic carbocycles. The van der Waals surface area contributed by atoms with Crippen molar-refractivity contribution in [3.8, 4) is 11.1 Å². The first-order chi connectivity index (χ1) is 7.86. The number of hydrogen-bond acceptors (Lipinski definition) is 1. The van der Waals surface area contributed by atoms with Gasteiger partial charge < -0.3 is 4.98 Å². The van der Waals surface area contributed by atoms with Crippen molar-refractivity contribution in [2.75, 3.05) is 0 Å². The fourth-order valence-electron chi connectivity index (χ4n) is 2.16. The molecular formula is C14H12N2. The van der Waals surface area contributed by atoms with E-state index in [1.165, 1.54) is 22.2 Å². The third-order valence-electron chi connectivity index (χ3n) is 2.85. The van der Waals surface area contributed by atoms with Crippen LogP contribution < -0.4 is 0 Å². The van der Waals surface area contributed by atoms with E-state index in [4.69, 9.17) is 0 Å². The lowest BCUT2D eigenvalue weighted by molar-refractivity contribution is 1.28. The quantitative estimate of drug-likeness (QED) is 0.651. The number of hydrogen-bond donors (Lipinski definition) is 1. The zero-order chi connectivity index (χ0) is 11.0. The lowest BCUT2D eigenvalue weighted by Crippen LogP contribution is -1.78. The smallest absolute Gasteiger partial charge is 0.0648 e. The average molecular weight is 208 g/mol. The van der Waals surface area contributed by atoms with Gasteiger partial charge in [0, 0.05) is 22.8 Å². The predicted octanol–water partition coefficient (Wildman–Crippen LogP) is 3.54. The summed E-state index contributed by atoms with van der Waals surface area (Å²) in [5, 5.41) is 1.23. The molecule has 0 saturated heterocycles. The molecule has 16 heavy (non-hydrogen) atoms. The number of benzene rings is 1. The van der Waals surface area contributed by atoms with Gasteiger partial charge in [-0.05, 0) is 18.6 Å². The van der Waals surface area contributed by atoms with Gasteiger partial charge in [-0.3, -0.25) is 4.98 Å². The third kappa shape index (κ3) is 1.31. The molecule has 0 radical (unpaired) electrons. The van der Waals surface area contributed by atoms with Gasteiger partial charge in [0.1, 0.15) is 0 Å². The molecule has 0 fully saturated rings. The van der Waals surface area contributed by atoms with Crippen LogP contribution >= 0.6 is 0 Å². The standard InChI is InChI=1S/C14H12N2/c1-10-14(11-5-3-2-4-6-11)12-7-8-15-9-13(12)16-10/h2-9,16H,1H3. The number of rotatable bonds is 1. The summed E-state index contributed by atoms with van der Waals surface area (Å²) in [6, 6.07) is 12.5. The van der Waals surface area contributed by atoms with Gasteiger partial charge in [-0.25, -0.2) is 0 Å². The first-order valence-corrected chi connectivity index (χ1v) is 5.34. The van der Waals surface area contributed by atoms with E-state index in [1.807, 2.05) is 18.5 Å². The van der Waals surface area contributed by atoms with Crippen LogP contribution in [0.3, 0.4) is 0 Å². The SMILES string of the molecule is Cc1[nH]c2cnccc2c1-c1ccccc1. The highest BCUT2D eigenvalue weighted by Crippen LogP contribution is 2.31. The van der Waals surface area contributed by atoms with Gasteiger partial charge in [0.05, 0.1) is 11.7 Å². The van der Waals surface area contributed by atoms with Gasteiger partial charge in [-0.1, -0.05) is 30.3 Å². The number of H-pyrrole nitrogens is 1. The van der Waals surface area contributed by atoms with Gasteiger partial charge in [0.2, 0.25) is 0 Å². The maximum atomic E-state index is 4.13. The molecule has 2 aromatic heterocycles. The highest BCUT2D eigenvalue weighted by atomic mass is 14.7. The molecule has 0 aliphatic carbocycles. The van der Waals surface area contributed by atoms with Crippen LogP contribution in [-0.2, 0) is 0 Å². The van der Waals surface area contributed by atoms with E-state index < -0.39 is 0 Å². The van der Waals surface area contributed by atoms with Gasteiger partial charge in [-0.15, -0.1) is 0 Å². The van der Waals surface area contributed by atoms with Crippen LogP contribution in [0, 0.1) is 6.92 Å². The molecule has 0 spiro atoms. The normalized spacial score (nSPS) is 10.8. The average Bonchev–Trinajstić information content (AvgIpc) is 2.66. The zero-order valence-corrected chi connectivity index (χ0v) is 9.07. The van der Waals surface area contributed by atoms with E-state index in [-0.39, 0.29) is 0 Å². The minimum absolute atomic E-state index is 1.10. The number of fused-ring (bicyclic) bond motifs is 1. The fourth-order valence-corrected chi connectivity index (χ4v) is 2.16. The van der Waals surface area contributed by atoms with E-state index in [9.17, 15) is 0 Å². The van der Waals surface area contributed by atoms with Crippen molar-refractivity contribution in [3.05, 3.63) is 54.5 Å². The van der Waals surface area contributed by atoms with Crippen LogP contribution in [0.2, 0.25) is 0 Å². The summed E-state index contributed by atoms with van der Waals surface area (Å²) in [5.74, 6) is 0. The van der Waals surface area contributed by atoms with Crippen LogP contribution in [-0.4, -0.2) is 9.97 Å². The Balaban J connectivity index is 2.35. The number of nitrogens with zero attached hydrogens (tertiary/aromatic N) is 1. The molecule has 2 heteroatoms. The molecule has 0 amide bonds. The molecule has 3 rings (SSSR count). The summed E-state index contributed by atoms with van der Waals surface area (Å²) in [5.41, 5.74) is 4.81. The Hall–Kier alpha value is -2.09. The minimum Gasteiger partial charge on any atom is -0.357 e. The lowest BCUT2D eigenvalue weighted by atomic mass is 10.0. The number of pyridine rings is 1. The van der Waals surface area contributed by atoms with E-state index in [2.05, 4.69) is 47.2 Å². The van der Waals surface area contributed by atoms with Crippen molar-refractivity contribution in [1.82, 2.24) is 9.97 Å². The molecule has 2 nitrogen and oxygen atoms in total. The number of aromatic amines is 1. The second kappa shape index (κ2) is 3.49. The molecule has 0 aliphatic rings. The monoisotopic (exact) mass is 208 g/mol. The second-order valence-corrected chi connectivity index (χ2v) is 3.91. The number of aryl methyl sites for hydroxylation is 1. The lowest BCUT2D eigenvalue weighted by Gasteiger charge is -2.00. The van der Waals surface area contributed by atoms with Gasteiger partial charge >= 0.3 is 0 Å². The van der Waals surface area contributed by atoms with E-state index in [0.29, 0.717) is 0 Å². The summed E-state index contributed by atoms with van der Waals surface area (Å²) in [4.78, 5) is 7.49. The van der Waals surface area contributed by atoms with Crippen LogP contribution in [0.15, 0.2) is 48.8 Å². The van der Waals surface area contributed by atoms with Crippen molar-refractivity contribution < 1.29 is 0 Å². The summed E-state index contributed by atoms with van der Waals surface area (Å²) >= 11 is 0. The first-order valence-electron chi connectivity index (χ1n) is 5.34. The minimum atomic E-state index is 1.10. The van der Waals surface area contributed by atoms with Gasteiger partial charge in [0.25, 0.3) is 0 Å². The first kappa shape index (κ1) is 9.16.